The Morgan fingerprint density at radius 3 is 2.56 bits per heavy atom. The van der Waals surface area contributed by atoms with Crippen LogP contribution in [0.3, 0.4) is 0 Å². The second-order valence-corrected chi connectivity index (χ2v) is 8.02. The molecule has 0 aliphatic rings. The lowest BCUT2D eigenvalue weighted by atomic mass is 10.2. The summed E-state index contributed by atoms with van der Waals surface area (Å²) >= 11 is 3.43. The number of rotatable bonds is 10. The Kier molecular flexibility index (Phi) is 8.87. The zero-order valence-corrected chi connectivity index (χ0v) is 19.5. The van der Waals surface area contributed by atoms with Crippen LogP contribution in [0, 0.1) is 10.1 Å². The van der Waals surface area contributed by atoms with E-state index in [1.54, 1.807) is 12.1 Å². The smallest absolute Gasteiger partial charge is 0.271 e. The van der Waals surface area contributed by atoms with Crippen LogP contribution in [0.15, 0.2) is 82.4 Å². The quantitative estimate of drug-likeness (QED) is 0.224. The average Bonchev–Trinajstić information content (AvgIpc) is 2.82. The number of hydrogen-bond donors (Lipinski definition) is 2. The SMILES string of the molecule is O=C(CCC(=O)Nc1cccc([N+](=O)[O-])c1)N/N=C/c1ccccc1OCc1cccc(Br)c1. The Hall–Kier alpha value is -4.05. The molecule has 0 unspecified atom stereocenters. The number of carbonyl (C=O) groups is 2. The molecule has 3 rings (SSSR count). The third-order valence-electron chi connectivity index (χ3n) is 4.52. The minimum Gasteiger partial charge on any atom is -0.488 e. The number of para-hydroxylation sites is 1. The molecule has 9 nitrogen and oxygen atoms in total. The van der Waals surface area contributed by atoms with Crippen molar-refractivity contribution >= 4 is 45.3 Å². The second kappa shape index (κ2) is 12.3. The zero-order chi connectivity index (χ0) is 24.3. The number of hydrogen-bond acceptors (Lipinski definition) is 6. The van der Waals surface area contributed by atoms with E-state index in [-0.39, 0.29) is 24.2 Å². The van der Waals surface area contributed by atoms with Gasteiger partial charge in [0.25, 0.3) is 5.69 Å². The molecule has 0 spiro atoms. The third kappa shape index (κ3) is 7.82. The molecule has 0 atom stereocenters. The molecular formula is C24H21BrN4O5. The first-order chi connectivity index (χ1) is 16.4. The van der Waals surface area contributed by atoms with E-state index in [9.17, 15) is 19.7 Å². The molecule has 10 heteroatoms. The third-order valence-corrected chi connectivity index (χ3v) is 5.01. The topological polar surface area (TPSA) is 123 Å². The van der Waals surface area contributed by atoms with Crippen molar-refractivity contribution in [3.8, 4) is 5.75 Å². The molecular weight excluding hydrogens is 504 g/mol. The van der Waals surface area contributed by atoms with Crippen molar-refractivity contribution in [3.63, 3.8) is 0 Å². The summed E-state index contributed by atoms with van der Waals surface area (Å²) in [4.78, 5) is 34.3. The first-order valence-corrected chi connectivity index (χ1v) is 11.0. The van der Waals surface area contributed by atoms with E-state index in [0.717, 1.165) is 10.0 Å². The maximum absolute atomic E-state index is 12.0. The predicted octanol–water partition coefficient (Wildman–Crippen LogP) is 4.81. The summed E-state index contributed by atoms with van der Waals surface area (Å²) in [5.74, 6) is -0.277. The maximum atomic E-state index is 12.0. The number of nitrogens with zero attached hydrogens (tertiary/aromatic N) is 2. The van der Waals surface area contributed by atoms with Gasteiger partial charge in [0.2, 0.25) is 11.8 Å². The standard InChI is InChI=1S/C24H21BrN4O5/c25-19-7-3-5-17(13-19)16-34-22-10-2-1-6-18(22)15-26-28-24(31)12-11-23(30)27-20-8-4-9-21(14-20)29(32)33/h1-10,13-15H,11-12,16H2,(H,27,30)(H,28,31)/b26-15+. The molecule has 0 aliphatic carbocycles. The highest BCUT2D eigenvalue weighted by atomic mass is 79.9. The van der Waals surface area contributed by atoms with Crippen LogP contribution in [0.1, 0.15) is 24.0 Å². The van der Waals surface area contributed by atoms with Crippen molar-refractivity contribution in [2.75, 3.05) is 5.32 Å². The van der Waals surface area contributed by atoms with Crippen LogP contribution in [0.4, 0.5) is 11.4 Å². The Bertz CT molecular complexity index is 1220. The Morgan fingerprint density at radius 1 is 1.00 bits per heavy atom. The van der Waals surface area contributed by atoms with Crippen LogP contribution in [0.5, 0.6) is 5.75 Å². The van der Waals surface area contributed by atoms with Crippen LogP contribution < -0.4 is 15.5 Å². The fraction of sp³-hybridized carbons (Fsp3) is 0.125. The number of halogens is 1. The van der Waals surface area contributed by atoms with E-state index in [4.69, 9.17) is 4.74 Å². The van der Waals surface area contributed by atoms with Crippen LogP contribution in [0.25, 0.3) is 0 Å². The second-order valence-electron chi connectivity index (χ2n) is 7.11. The van der Waals surface area contributed by atoms with Gasteiger partial charge in [0, 0.05) is 40.7 Å². The lowest BCUT2D eigenvalue weighted by Crippen LogP contribution is -2.20. The van der Waals surface area contributed by atoms with Crippen LogP contribution in [-0.4, -0.2) is 23.0 Å². The van der Waals surface area contributed by atoms with Crippen molar-refractivity contribution in [3.05, 3.63) is 98.5 Å². The van der Waals surface area contributed by atoms with Gasteiger partial charge in [-0.3, -0.25) is 19.7 Å². The highest BCUT2D eigenvalue weighted by Crippen LogP contribution is 2.19. The number of carbonyl (C=O) groups excluding carboxylic acids is 2. The van der Waals surface area contributed by atoms with Gasteiger partial charge in [0.05, 0.1) is 11.1 Å². The Labute approximate surface area is 204 Å². The lowest BCUT2D eigenvalue weighted by molar-refractivity contribution is -0.384. The van der Waals surface area contributed by atoms with Crippen molar-refractivity contribution in [1.82, 2.24) is 5.43 Å². The number of non-ortho nitro benzene ring substituents is 1. The predicted molar refractivity (Wildman–Crippen MR) is 132 cm³/mol. The summed E-state index contributed by atoms with van der Waals surface area (Å²) in [7, 11) is 0. The molecule has 0 saturated carbocycles. The number of hydrazone groups is 1. The minimum atomic E-state index is -0.551. The number of nitro benzene ring substituents is 1. The van der Waals surface area contributed by atoms with E-state index in [1.165, 1.54) is 30.5 Å². The van der Waals surface area contributed by atoms with Gasteiger partial charge in [-0.1, -0.05) is 46.3 Å². The molecule has 34 heavy (non-hydrogen) atoms. The Balaban J connectivity index is 1.47. The van der Waals surface area contributed by atoms with Gasteiger partial charge < -0.3 is 10.1 Å². The number of anilines is 1. The summed E-state index contributed by atoms with van der Waals surface area (Å²) in [6.07, 6.45) is 1.27. The average molecular weight is 525 g/mol. The van der Waals surface area contributed by atoms with E-state index >= 15 is 0 Å². The van der Waals surface area contributed by atoms with E-state index in [1.807, 2.05) is 36.4 Å². The van der Waals surface area contributed by atoms with Crippen molar-refractivity contribution < 1.29 is 19.2 Å². The summed E-state index contributed by atoms with van der Waals surface area (Å²) in [5, 5.41) is 17.3. The molecule has 0 radical (unpaired) electrons. The number of benzene rings is 3. The molecule has 0 fully saturated rings. The van der Waals surface area contributed by atoms with E-state index in [2.05, 4.69) is 31.8 Å². The summed E-state index contributed by atoms with van der Waals surface area (Å²) in [6, 6.07) is 20.6. The number of nitrogens with one attached hydrogen (secondary N) is 2. The zero-order valence-electron chi connectivity index (χ0n) is 17.9. The molecule has 174 valence electrons. The van der Waals surface area contributed by atoms with Gasteiger partial charge in [-0.25, -0.2) is 5.43 Å². The number of amides is 2. The first-order valence-electron chi connectivity index (χ1n) is 10.2. The van der Waals surface area contributed by atoms with Crippen molar-refractivity contribution in [2.24, 2.45) is 5.10 Å². The van der Waals surface area contributed by atoms with E-state index < -0.39 is 16.7 Å². The number of nitro groups is 1. The maximum Gasteiger partial charge on any atom is 0.271 e. The molecule has 2 amide bonds. The summed E-state index contributed by atoms with van der Waals surface area (Å²) in [5.41, 5.74) is 4.22. The van der Waals surface area contributed by atoms with Crippen LogP contribution >= 0.6 is 15.9 Å². The molecule has 3 aromatic rings. The normalized spacial score (nSPS) is 10.6. The highest BCUT2D eigenvalue weighted by molar-refractivity contribution is 9.10. The van der Waals surface area contributed by atoms with E-state index in [0.29, 0.717) is 17.9 Å². The van der Waals surface area contributed by atoms with Gasteiger partial charge in [-0.2, -0.15) is 5.10 Å². The fourth-order valence-corrected chi connectivity index (χ4v) is 3.33. The largest absolute Gasteiger partial charge is 0.488 e. The molecule has 3 aromatic carbocycles. The minimum absolute atomic E-state index is 0.0981. The lowest BCUT2D eigenvalue weighted by Gasteiger charge is -2.09. The molecule has 2 N–H and O–H groups in total. The fourth-order valence-electron chi connectivity index (χ4n) is 2.88. The van der Waals surface area contributed by atoms with Crippen LogP contribution in [-0.2, 0) is 16.2 Å². The van der Waals surface area contributed by atoms with Gasteiger partial charge in [-0.15, -0.1) is 0 Å². The molecule has 0 bridgehead atoms. The van der Waals surface area contributed by atoms with Crippen LogP contribution in [0.2, 0.25) is 0 Å². The van der Waals surface area contributed by atoms with Gasteiger partial charge in [0.1, 0.15) is 12.4 Å². The highest BCUT2D eigenvalue weighted by Gasteiger charge is 2.10. The van der Waals surface area contributed by atoms with Gasteiger partial charge in [0.15, 0.2) is 0 Å². The van der Waals surface area contributed by atoms with Crippen molar-refractivity contribution in [1.29, 1.82) is 0 Å². The summed E-state index contributed by atoms with van der Waals surface area (Å²) < 4.78 is 6.84. The molecule has 0 heterocycles. The molecule has 0 saturated heterocycles. The molecule has 0 aliphatic heterocycles. The Morgan fingerprint density at radius 2 is 1.76 bits per heavy atom. The van der Waals surface area contributed by atoms with Gasteiger partial charge >= 0.3 is 0 Å². The first kappa shape index (κ1) is 24.6. The summed E-state index contributed by atoms with van der Waals surface area (Å²) in [6.45, 7) is 0.371. The van der Waals surface area contributed by atoms with Crippen molar-refractivity contribution in [2.45, 2.75) is 19.4 Å². The monoisotopic (exact) mass is 524 g/mol. The van der Waals surface area contributed by atoms with Gasteiger partial charge in [-0.05, 0) is 35.9 Å². The molecule has 0 aromatic heterocycles. The number of ether oxygens (including phenoxy) is 1.